The molecule has 128 valence electrons. The predicted octanol–water partition coefficient (Wildman–Crippen LogP) is 2.88. The molecule has 2 aromatic heterocycles. The van der Waals surface area contributed by atoms with E-state index in [1.54, 1.807) is 23.1 Å². The first-order chi connectivity index (χ1) is 12.2. The molecule has 5 nitrogen and oxygen atoms in total. The molecule has 1 aliphatic heterocycles. The van der Waals surface area contributed by atoms with Crippen molar-refractivity contribution in [3.05, 3.63) is 57.6 Å². The highest BCUT2D eigenvalue weighted by Gasteiger charge is 2.20. The number of aromatic nitrogens is 2. The van der Waals surface area contributed by atoms with Gasteiger partial charge in [-0.05, 0) is 29.7 Å². The molecule has 0 unspecified atom stereocenters. The number of thiophene rings is 1. The maximum Gasteiger partial charge on any atom is 0.259 e. The van der Waals surface area contributed by atoms with Gasteiger partial charge in [0.05, 0.1) is 16.0 Å². The average molecular weight is 371 g/mol. The van der Waals surface area contributed by atoms with E-state index in [2.05, 4.69) is 15.3 Å². The molecule has 0 saturated heterocycles. The zero-order chi connectivity index (χ0) is 17.2. The summed E-state index contributed by atoms with van der Waals surface area (Å²) in [6.07, 6.45) is 2.10. The third kappa shape index (κ3) is 3.48. The molecule has 0 atom stereocenters. The molecule has 0 saturated carbocycles. The fourth-order valence-corrected chi connectivity index (χ4v) is 5.49. The van der Waals surface area contributed by atoms with Gasteiger partial charge in [0, 0.05) is 6.54 Å². The van der Waals surface area contributed by atoms with Gasteiger partial charge >= 0.3 is 0 Å². The van der Waals surface area contributed by atoms with Gasteiger partial charge in [-0.15, -0.1) is 23.1 Å². The molecule has 2 N–H and O–H groups in total. The maximum atomic E-state index is 12.5. The van der Waals surface area contributed by atoms with Crippen LogP contribution in [0.1, 0.15) is 23.4 Å². The van der Waals surface area contributed by atoms with Crippen LogP contribution in [0.3, 0.4) is 0 Å². The number of hydrogen-bond acceptors (Lipinski definition) is 5. The van der Waals surface area contributed by atoms with E-state index in [1.165, 1.54) is 4.21 Å². The Bertz CT molecular complexity index is 979. The summed E-state index contributed by atoms with van der Waals surface area (Å²) in [4.78, 5) is 32.7. The van der Waals surface area contributed by atoms with Crippen LogP contribution in [0, 0.1) is 0 Å². The molecule has 1 amide bonds. The number of fused-ring (bicyclic) bond motifs is 3. The number of thioether (sulfide) groups is 1. The lowest BCUT2D eigenvalue weighted by Gasteiger charge is -2.09. The van der Waals surface area contributed by atoms with E-state index < -0.39 is 0 Å². The highest BCUT2D eigenvalue weighted by molar-refractivity contribution is 8.01. The lowest BCUT2D eigenvalue weighted by atomic mass is 10.1. The Morgan fingerprint density at radius 3 is 2.96 bits per heavy atom. The van der Waals surface area contributed by atoms with Crippen molar-refractivity contribution < 1.29 is 4.79 Å². The number of nitrogens with zero attached hydrogens (tertiary/aromatic N) is 1. The van der Waals surface area contributed by atoms with Gasteiger partial charge < -0.3 is 10.3 Å². The van der Waals surface area contributed by atoms with E-state index in [9.17, 15) is 9.59 Å². The van der Waals surface area contributed by atoms with Crippen LogP contribution >= 0.6 is 23.1 Å². The minimum atomic E-state index is -0.151. The molecule has 3 heterocycles. The zero-order valence-corrected chi connectivity index (χ0v) is 15.1. The molecule has 25 heavy (non-hydrogen) atoms. The number of hydrogen-bond donors (Lipinski definition) is 2. The molecule has 0 fully saturated rings. The van der Waals surface area contributed by atoms with Gasteiger partial charge in [0.1, 0.15) is 10.7 Å². The Balaban J connectivity index is 1.52. The molecule has 0 spiro atoms. The van der Waals surface area contributed by atoms with Gasteiger partial charge in [0.15, 0.2) is 0 Å². The Labute approximate surface area is 152 Å². The number of carbonyl (C=O) groups excluding carboxylic acids is 1. The van der Waals surface area contributed by atoms with Gasteiger partial charge in [-0.3, -0.25) is 9.59 Å². The third-order valence-electron chi connectivity index (χ3n) is 4.14. The summed E-state index contributed by atoms with van der Waals surface area (Å²) in [7, 11) is 0. The number of aromatic amines is 1. The molecular formula is C18H17N3O2S2. The van der Waals surface area contributed by atoms with Crippen molar-refractivity contribution >= 4 is 39.2 Å². The smallest absolute Gasteiger partial charge is 0.259 e. The Morgan fingerprint density at radius 2 is 2.12 bits per heavy atom. The minimum absolute atomic E-state index is 0.0771. The van der Waals surface area contributed by atoms with Crippen LogP contribution in [0.25, 0.3) is 10.2 Å². The molecule has 3 aromatic rings. The number of amides is 1. The van der Waals surface area contributed by atoms with Crippen molar-refractivity contribution in [1.29, 1.82) is 0 Å². The molecule has 0 radical (unpaired) electrons. The van der Waals surface area contributed by atoms with E-state index in [0.717, 1.165) is 34.6 Å². The van der Waals surface area contributed by atoms with Crippen molar-refractivity contribution in [2.75, 3.05) is 5.75 Å². The molecule has 0 aliphatic carbocycles. The van der Waals surface area contributed by atoms with E-state index in [1.807, 2.05) is 30.3 Å². The van der Waals surface area contributed by atoms with Crippen LogP contribution in [0.15, 0.2) is 39.3 Å². The summed E-state index contributed by atoms with van der Waals surface area (Å²) in [6.45, 7) is 0.468. The molecule has 4 rings (SSSR count). The average Bonchev–Trinajstić information content (AvgIpc) is 2.99. The summed E-state index contributed by atoms with van der Waals surface area (Å²) in [5.41, 5.74) is 2.04. The highest BCUT2D eigenvalue weighted by atomic mass is 32.2. The monoisotopic (exact) mass is 371 g/mol. The summed E-state index contributed by atoms with van der Waals surface area (Å²) in [5.74, 6) is 1.36. The van der Waals surface area contributed by atoms with Gasteiger partial charge in [0.2, 0.25) is 5.91 Å². The van der Waals surface area contributed by atoms with Gasteiger partial charge in [-0.2, -0.15) is 0 Å². The number of aryl methyl sites for hydroxylation is 1. The van der Waals surface area contributed by atoms with Gasteiger partial charge in [0.25, 0.3) is 5.56 Å². The van der Waals surface area contributed by atoms with Crippen LogP contribution in [0.2, 0.25) is 0 Å². The molecule has 7 heteroatoms. The van der Waals surface area contributed by atoms with Gasteiger partial charge in [-0.1, -0.05) is 30.3 Å². The van der Waals surface area contributed by atoms with Crippen LogP contribution in [-0.2, 0) is 24.2 Å². The number of benzene rings is 1. The number of carbonyl (C=O) groups is 1. The fourth-order valence-electron chi connectivity index (χ4n) is 2.94. The fraction of sp³-hybridized carbons (Fsp3) is 0.278. The van der Waals surface area contributed by atoms with Crippen molar-refractivity contribution in [3.63, 3.8) is 0 Å². The van der Waals surface area contributed by atoms with Crippen LogP contribution < -0.4 is 10.9 Å². The summed E-state index contributed by atoms with van der Waals surface area (Å²) < 4.78 is 1.20. The van der Waals surface area contributed by atoms with E-state index in [4.69, 9.17) is 0 Å². The Hall–Kier alpha value is -2.12. The van der Waals surface area contributed by atoms with E-state index in [-0.39, 0.29) is 17.9 Å². The molecule has 1 aliphatic rings. The number of rotatable bonds is 4. The quantitative estimate of drug-likeness (QED) is 0.739. The second kappa shape index (κ2) is 7.01. The van der Waals surface area contributed by atoms with Crippen LogP contribution in [-0.4, -0.2) is 21.6 Å². The summed E-state index contributed by atoms with van der Waals surface area (Å²) >= 11 is 3.36. The Morgan fingerprint density at radius 1 is 1.28 bits per heavy atom. The Kier molecular flexibility index (Phi) is 4.59. The van der Waals surface area contributed by atoms with E-state index in [0.29, 0.717) is 17.8 Å². The second-order valence-corrected chi connectivity index (χ2v) is 8.31. The number of nitrogens with one attached hydrogen (secondary N) is 2. The minimum Gasteiger partial charge on any atom is -0.352 e. The number of H-pyrrole nitrogens is 1. The van der Waals surface area contributed by atoms with Gasteiger partial charge in [-0.25, -0.2) is 4.98 Å². The topological polar surface area (TPSA) is 74.8 Å². The van der Waals surface area contributed by atoms with Crippen LogP contribution in [0.5, 0.6) is 0 Å². The van der Waals surface area contributed by atoms with Crippen molar-refractivity contribution in [3.8, 4) is 0 Å². The highest BCUT2D eigenvalue weighted by Crippen LogP contribution is 2.39. The lowest BCUT2D eigenvalue weighted by Crippen LogP contribution is -2.26. The summed E-state index contributed by atoms with van der Waals surface area (Å²) in [6, 6.07) is 9.73. The first-order valence-electron chi connectivity index (χ1n) is 8.18. The van der Waals surface area contributed by atoms with E-state index >= 15 is 0 Å². The maximum absolute atomic E-state index is 12.5. The lowest BCUT2D eigenvalue weighted by molar-refractivity contribution is -0.120. The molecule has 1 aromatic carbocycles. The first kappa shape index (κ1) is 16.4. The SMILES string of the molecule is O=C(Cc1nc2sc3c(c2c(=O)[nH]1)CCCS3)NCc1ccccc1. The second-order valence-electron chi connectivity index (χ2n) is 5.95. The van der Waals surface area contributed by atoms with Crippen molar-refractivity contribution in [2.45, 2.75) is 30.0 Å². The zero-order valence-electron chi connectivity index (χ0n) is 13.5. The first-order valence-corrected chi connectivity index (χ1v) is 9.99. The molecule has 0 bridgehead atoms. The summed E-state index contributed by atoms with van der Waals surface area (Å²) in [5, 5.41) is 3.57. The van der Waals surface area contributed by atoms with Crippen molar-refractivity contribution in [2.24, 2.45) is 0 Å². The van der Waals surface area contributed by atoms with Crippen molar-refractivity contribution in [1.82, 2.24) is 15.3 Å². The normalized spacial score (nSPS) is 13.6. The molecular weight excluding hydrogens is 354 g/mol. The third-order valence-corrected chi connectivity index (χ3v) is 6.66. The predicted molar refractivity (Wildman–Crippen MR) is 101 cm³/mol. The van der Waals surface area contributed by atoms with Crippen LogP contribution in [0.4, 0.5) is 0 Å². The largest absolute Gasteiger partial charge is 0.352 e. The standard InChI is InChI=1S/C18H17N3O2S2/c22-14(19-10-11-5-2-1-3-6-11)9-13-20-16(23)15-12-7-4-8-24-18(12)25-17(15)21-13/h1-3,5-6H,4,7-10H2,(H,19,22)(H,20,21,23).